The second-order valence-corrected chi connectivity index (χ2v) is 11.8. The number of piperidine rings is 1. The van der Waals surface area contributed by atoms with Crippen LogP contribution in [0.1, 0.15) is 95.2 Å². The molecular weight excluding hydrogens is 488 g/mol. The summed E-state index contributed by atoms with van der Waals surface area (Å²) in [6.45, 7) is 11.2. The number of anilines is 1. The first-order valence-corrected chi connectivity index (χ1v) is 14.7. The molecule has 36 heavy (non-hydrogen) atoms. The third-order valence-corrected chi connectivity index (χ3v) is 8.51. The van der Waals surface area contributed by atoms with Crippen molar-refractivity contribution in [3.63, 3.8) is 0 Å². The maximum Gasteiger partial charge on any atom is 0.270 e. The fourth-order valence-electron chi connectivity index (χ4n) is 5.17. The standard InChI is InChI=1S/C28H40N4O2S2/c1-5-7-8-9-10-11-16-32-27(34)24(36-28(32)35)17-22-21(4)23(18-29)26(33)31(14-6-2)25(22)30-15-12-13-20(3)19-30/h17,20H,5-16,19H2,1-4H3/b24-17-. The molecule has 2 fully saturated rings. The Morgan fingerprint density at radius 1 is 1.11 bits per heavy atom. The molecule has 2 aliphatic rings. The molecule has 1 aromatic rings. The van der Waals surface area contributed by atoms with Gasteiger partial charge in [0.1, 0.15) is 21.8 Å². The van der Waals surface area contributed by atoms with Crippen LogP contribution in [0.15, 0.2) is 9.70 Å². The van der Waals surface area contributed by atoms with E-state index in [0.717, 1.165) is 56.6 Å². The van der Waals surface area contributed by atoms with Gasteiger partial charge in [0.15, 0.2) is 0 Å². The van der Waals surface area contributed by atoms with Crippen LogP contribution in [-0.4, -0.2) is 39.3 Å². The molecule has 0 saturated carbocycles. The van der Waals surface area contributed by atoms with Gasteiger partial charge in [-0.1, -0.05) is 76.9 Å². The summed E-state index contributed by atoms with van der Waals surface area (Å²) in [5.41, 5.74) is 1.36. The van der Waals surface area contributed by atoms with Crippen molar-refractivity contribution in [3.05, 3.63) is 31.9 Å². The third kappa shape index (κ3) is 6.41. The zero-order valence-electron chi connectivity index (χ0n) is 22.3. The normalized spacial score (nSPS) is 19.4. The molecule has 0 radical (unpaired) electrons. The molecule has 3 heterocycles. The number of hydrogen-bond acceptors (Lipinski definition) is 6. The van der Waals surface area contributed by atoms with Crippen LogP contribution >= 0.6 is 24.0 Å². The van der Waals surface area contributed by atoms with Gasteiger partial charge in [-0.15, -0.1) is 0 Å². The van der Waals surface area contributed by atoms with Gasteiger partial charge < -0.3 is 4.90 Å². The number of carbonyl (C=O) groups excluding carboxylic acids is 1. The topological polar surface area (TPSA) is 69.3 Å². The average molecular weight is 529 g/mol. The molecule has 0 bridgehead atoms. The van der Waals surface area contributed by atoms with Crippen LogP contribution in [0, 0.1) is 24.2 Å². The molecule has 3 rings (SSSR count). The van der Waals surface area contributed by atoms with Crippen LogP contribution in [0.4, 0.5) is 5.82 Å². The predicted molar refractivity (Wildman–Crippen MR) is 154 cm³/mol. The number of hydrogen-bond donors (Lipinski definition) is 0. The minimum Gasteiger partial charge on any atom is -0.357 e. The summed E-state index contributed by atoms with van der Waals surface area (Å²) in [7, 11) is 0. The van der Waals surface area contributed by atoms with E-state index in [1.54, 1.807) is 9.47 Å². The maximum absolute atomic E-state index is 13.4. The summed E-state index contributed by atoms with van der Waals surface area (Å²) in [5, 5.41) is 9.83. The average Bonchev–Trinajstić information content (AvgIpc) is 3.12. The largest absolute Gasteiger partial charge is 0.357 e. The molecule has 6 nitrogen and oxygen atoms in total. The molecule has 0 N–H and O–H groups in total. The molecular formula is C28H40N4O2S2. The molecule has 1 atom stereocenters. The van der Waals surface area contributed by atoms with E-state index in [1.165, 1.54) is 37.4 Å². The molecule has 1 amide bonds. The Bertz CT molecular complexity index is 1100. The van der Waals surface area contributed by atoms with Crippen LogP contribution in [0.5, 0.6) is 0 Å². The van der Waals surface area contributed by atoms with Crippen LogP contribution in [0.25, 0.3) is 6.08 Å². The summed E-state index contributed by atoms with van der Waals surface area (Å²) >= 11 is 6.91. The van der Waals surface area contributed by atoms with Gasteiger partial charge >= 0.3 is 0 Å². The Kier molecular flexibility index (Phi) is 10.6. The Hall–Kier alpha value is -2.11. The zero-order chi connectivity index (χ0) is 26.2. The number of thioether (sulfide) groups is 1. The zero-order valence-corrected chi connectivity index (χ0v) is 23.9. The molecule has 196 valence electrons. The monoisotopic (exact) mass is 528 g/mol. The van der Waals surface area contributed by atoms with Crippen LogP contribution < -0.4 is 10.5 Å². The summed E-state index contributed by atoms with van der Waals surface area (Å²) in [6.07, 6.45) is 11.8. The summed E-state index contributed by atoms with van der Waals surface area (Å²) in [5.74, 6) is 1.29. The number of pyridine rings is 1. The van der Waals surface area contributed by atoms with E-state index >= 15 is 0 Å². The highest BCUT2D eigenvalue weighted by molar-refractivity contribution is 8.26. The molecule has 2 aliphatic heterocycles. The summed E-state index contributed by atoms with van der Waals surface area (Å²) < 4.78 is 2.35. The van der Waals surface area contributed by atoms with Crippen molar-refractivity contribution >= 4 is 46.1 Å². The van der Waals surface area contributed by atoms with Crippen molar-refractivity contribution in [1.82, 2.24) is 9.47 Å². The van der Waals surface area contributed by atoms with Crippen molar-refractivity contribution in [1.29, 1.82) is 5.26 Å². The Balaban J connectivity index is 1.98. The Labute approximate surface area is 225 Å². The van der Waals surface area contributed by atoms with E-state index < -0.39 is 0 Å². The highest BCUT2D eigenvalue weighted by Gasteiger charge is 2.33. The summed E-state index contributed by atoms with van der Waals surface area (Å²) in [6, 6.07) is 2.14. The van der Waals surface area contributed by atoms with Gasteiger partial charge in [-0.2, -0.15) is 5.26 Å². The minimum atomic E-state index is -0.238. The van der Waals surface area contributed by atoms with Gasteiger partial charge in [-0.25, -0.2) is 0 Å². The fourth-order valence-corrected chi connectivity index (χ4v) is 6.46. The highest BCUT2D eigenvalue weighted by Crippen LogP contribution is 2.37. The highest BCUT2D eigenvalue weighted by atomic mass is 32.2. The molecule has 2 saturated heterocycles. The number of nitrogens with zero attached hydrogens (tertiary/aromatic N) is 4. The number of rotatable bonds is 11. The van der Waals surface area contributed by atoms with Gasteiger partial charge in [-0.05, 0) is 50.2 Å². The lowest BCUT2D eigenvalue weighted by molar-refractivity contribution is -0.122. The lowest BCUT2D eigenvalue weighted by Gasteiger charge is -2.36. The molecule has 1 unspecified atom stereocenters. The first kappa shape index (κ1) is 28.5. The van der Waals surface area contributed by atoms with Gasteiger partial charge in [0, 0.05) is 31.7 Å². The Morgan fingerprint density at radius 2 is 1.83 bits per heavy atom. The van der Waals surface area contributed by atoms with Gasteiger partial charge in [0.05, 0.1) is 4.91 Å². The predicted octanol–water partition coefficient (Wildman–Crippen LogP) is 6.24. The van der Waals surface area contributed by atoms with Crippen LogP contribution in [-0.2, 0) is 11.3 Å². The first-order valence-electron chi connectivity index (χ1n) is 13.5. The van der Waals surface area contributed by atoms with Crippen molar-refractivity contribution in [2.75, 3.05) is 24.5 Å². The van der Waals surface area contributed by atoms with E-state index in [4.69, 9.17) is 12.2 Å². The molecule has 0 spiro atoms. The van der Waals surface area contributed by atoms with E-state index in [0.29, 0.717) is 33.8 Å². The van der Waals surface area contributed by atoms with Crippen LogP contribution in [0.2, 0.25) is 0 Å². The van der Waals surface area contributed by atoms with Crippen molar-refractivity contribution in [2.45, 2.75) is 92.0 Å². The minimum absolute atomic E-state index is 0.0670. The van der Waals surface area contributed by atoms with Crippen LogP contribution in [0.3, 0.4) is 0 Å². The lowest BCUT2D eigenvalue weighted by Crippen LogP contribution is -2.40. The van der Waals surface area contributed by atoms with Crippen molar-refractivity contribution < 1.29 is 4.79 Å². The number of carbonyl (C=O) groups is 1. The number of nitriles is 1. The van der Waals surface area contributed by atoms with Crippen molar-refractivity contribution in [3.8, 4) is 6.07 Å². The smallest absolute Gasteiger partial charge is 0.270 e. The Morgan fingerprint density at radius 3 is 2.50 bits per heavy atom. The molecule has 1 aromatic heterocycles. The maximum atomic E-state index is 13.4. The van der Waals surface area contributed by atoms with Crippen molar-refractivity contribution in [2.24, 2.45) is 5.92 Å². The number of amides is 1. The van der Waals surface area contributed by atoms with E-state index in [1.807, 2.05) is 19.9 Å². The summed E-state index contributed by atoms with van der Waals surface area (Å²) in [4.78, 5) is 31.3. The second-order valence-electron chi connectivity index (χ2n) is 10.1. The third-order valence-electron chi connectivity index (χ3n) is 7.13. The number of aromatic nitrogens is 1. The fraction of sp³-hybridized carbons (Fsp3) is 0.643. The van der Waals surface area contributed by atoms with Gasteiger partial charge in [0.2, 0.25) is 0 Å². The van der Waals surface area contributed by atoms with Gasteiger partial charge in [0.25, 0.3) is 11.5 Å². The number of thiocarbonyl (C=S) groups is 1. The molecule has 8 heteroatoms. The molecule has 0 aromatic carbocycles. The first-order chi connectivity index (χ1) is 17.3. The number of unbranched alkanes of at least 4 members (excludes halogenated alkanes) is 5. The second kappa shape index (κ2) is 13.4. The van der Waals surface area contributed by atoms with E-state index in [-0.39, 0.29) is 17.0 Å². The van der Waals surface area contributed by atoms with E-state index in [2.05, 4.69) is 24.8 Å². The van der Waals surface area contributed by atoms with E-state index in [9.17, 15) is 14.9 Å². The van der Waals surface area contributed by atoms with Gasteiger partial charge in [-0.3, -0.25) is 19.1 Å². The SMILES string of the molecule is CCCCCCCCN1C(=O)/C(=C/c2c(C)c(C#N)c(=O)n(CCC)c2N2CCCC(C)C2)SC1=S. The quantitative estimate of drug-likeness (QED) is 0.192. The molecule has 0 aliphatic carbocycles. The lowest BCUT2D eigenvalue weighted by atomic mass is 9.98.